The first-order valence-electron chi connectivity index (χ1n) is 6.01. The standard InChI is InChI=1S/C14H17ClN2O/c1-3-4-9-14(18)17(2)13(10-16)11-7-5-6-8-12(11)15/h5-8,13H,3-4,9H2,1-2H3. The van der Waals surface area contributed by atoms with E-state index in [-0.39, 0.29) is 5.91 Å². The number of hydrogen-bond acceptors (Lipinski definition) is 2. The molecule has 96 valence electrons. The Morgan fingerprint density at radius 3 is 2.72 bits per heavy atom. The van der Waals surface area contributed by atoms with Gasteiger partial charge in [0, 0.05) is 24.1 Å². The second-order valence-electron chi connectivity index (χ2n) is 4.16. The molecule has 0 aliphatic heterocycles. The van der Waals surface area contributed by atoms with Gasteiger partial charge >= 0.3 is 0 Å². The van der Waals surface area contributed by atoms with Crippen molar-refractivity contribution in [1.29, 1.82) is 5.26 Å². The van der Waals surface area contributed by atoms with Crippen LogP contribution >= 0.6 is 11.6 Å². The monoisotopic (exact) mass is 264 g/mol. The maximum atomic E-state index is 11.9. The van der Waals surface area contributed by atoms with Gasteiger partial charge in [-0.2, -0.15) is 5.26 Å². The van der Waals surface area contributed by atoms with Gasteiger partial charge in [0.15, 0.2) is 0 Å². The lowest BCUT2D eigenvalue weighted by Crippen LogP contribution is -2.30. The average molecular weight is 265 g/mol. The highest BCUT2D eigenvalue weighted by Gasteiger charge is 2.22. The number of nitriles is 1. The SMILES string of the molecule is CCCCC(=O)N(C)C(C#N)c1ccccc1Cl. The summed E-state index contributed by atoms with van der Waals surface area (Å²) in [5.74, 6) is -0.0247. The summed E-state index contributed by atoms with van der Waals surface area (Å²) in [4.78, 5) is 13.4. The highest BCUT2D eigenvalue weighted by Crippen LogP contribution is 2.26. The van der Waals surface area contributed by atoms with E-state index in [9.17, 15) is 10.1 Å². The Hall–Kier alpha value is -1.53. The van der Waals surface area contributed by atoms with Crippen molar-refractivity contribution in [3.05, 3.63) is 34.9 Å². The van der Waals surface area contributed by atoms with E-state index in [0.717, 1.165) is 12.8 Å². The third kappa shape index (κ3) is 3.48. The Morgan fingerprint density at radius 2 is 2.17 bits per heavy atom. The lowest BCUT2D eigenvalue weighted by Gasteiger charge is -2.23. The van der Waals surface area contributed by atoms with Gasteiger partial charge in [-0.3, -0.25) is 4.79 Å². The smallest absolute Gasteiger partial charge is 0.223 e. The minimum absolute atomic E-state index is 0.0247. The number of amides is 1. The zero-order valence-electron chi connectivity index (χ0n) is 10.7. The summed E-state index contributed by atoms with van der Waals surface area (Å²) in [5, 5.41) is 9.76. The lowest BCUT2D eigenvalue weighted by molar-refractivity contribution is -0.131. The minimum atomic E-state index is -0.622. The molecule has 0 aliphatic rings. The molecule has 0 radical (unpaired) electrons. The molecule has 0 spiro atoms. The van der Waals surface area contributed by atoms with Gasteiger partial charge in [0.25, 0.3) is 0 Å². The number of carbonyl (C=O) groups excluding carboxylic acids is 1. The van der Waals surface area contributed by atoms with Crippen molar-refractivity contribution in [2.75, 3.05) is 7.05 Å². The first-order chi connectivity index (χ1) is 8.61. The van der Waals surface area contributed by atoms with Crippen LogP contribution < -0.4 is 0 Å². The number of carbonyl (C=O) groups is 1. The van der Waals surface area contributed by atoms with E-state index in [1.54, 1.807) is 25.2 Å². The molecule has 0 saturated carbocycles. The largest absolute Gasteiger partial charge is 0.326 e. The van der Waals surface area contributed by atoms with Crippen LogP contribution in [-0.2, 0) is 4.79 Å². The number of unbranched alkanes of at least 4 members (excludes halogenated alkanes) is 1. The highest BCUT2D eigenvalue weighted by molar-refractivity contribution is 6.31. The molecule has 1 atom stereocenters. The first kappa shape index (κ1) is 14.5. The van der Waals surface area contributed by atoms with Crippen molar-refractivity contribution < 1.29 is 4.79 Å². The minimum Gasteiger partial charge on any atom is -0.326 e. The fraction of sp³-hybridized carbons (Fsp3) is 0.429. The second-order valence-corrected chi connectivity index (χ2v) is 4.57. The summed E-state index contributed by atoms with van der Waals surface area (Å²) in [6.07, 6.45) is 2.27. The van der Waals surface area contributed by atoms with Crippen molar-refractivity contribution in [3.63, 3.8) is 0 Å². The Morgan fingerprint density at radius 1 is 1.50 bits per heavy atom. The molecule has 1 aromatic rings. The Bertz CT molecular complexity index is 453. The van der Waals surface area contributed by atoms with Gasteiger partial charge in [0.05, 0.1) is 6.07 Å². The van der Waals surface area contributed by atoms with Gasteiger partial charge in [-0.25, -0.2) is 0 Å². The zero-order valence-corrected chi connectivity index (χ0v) is 11.4. The van der Waals surface area contributed by atoms with E-state index in [2.05, 4.69) is 6.07 Å². The van der Waals surface area contributed by atoms with Crippen molar-refractivity contribution in [1.82, 2.24) is 4.90 Å². The maximum absolute atomic E-state index is 11.9. The third-order valence-electron chi connectivity index (χ3n) is 2.85. The molecule has 0 aliphatic carbocycles. The number of benzene rings is 1. The number of rotatable bonds is 5. The van der Waals surface area contributed by atoms with Gasteiger partial charge in [-0.15, -0.1) is 0 Å². The van der Waals surface area contributed by atoms with Crippen LogP contribution in [0.15, 0.2) is 24.3 Å². The molecule has 1 amide bonds. The molecule has 3 nitrogen and oxygen atoms in total. The molecule has 0 N–H and O–H groups in total. The summed E-state index contributed by atoms with van der Waals surface area (Å²) < 4.78 is 0. The van der Waals surface area contributed by atoms with E-state index >= 15 is 0 Å². The maximum Gasteiger partial charge on any atom is 0.223 e. The molecule has 0 saturated heterocycles. The van der Waals surface area contributed by atoms with Crippen LogP contribution in [0.25, 0.3) is 0 Å². The van der Waals surface area contributed by atoms with Crippen LogP contribution in [0.2, 0.25) is 5.02 Å². The predicted molar refractivity (Wildman–Crippen MR) is 72.1 cm³/mol. The molecular formula is C14H17ClN2O. The fourth-order valence-electron chi connectivity index (χ4n) is 1.71. The Kier molecular flexibility index (Phi) is 5.67. The summed E-state index contributed by atoms with van der Waals surface area (Å²) >= 11 is 6.06. The van der Waals surface area contributed by atoms with E-state index in [1.807, 2.05) is 13.0 Å². The topological polar surface area (TPSA) is 44.1 Å². The second kappa shape index (κ2) is 7.03. The predicted octanol–water partition coefficient (Wildman–Crippen LogP) is 3.55. The molecule has 1 unspecified atom stereocenters. The third-order valence-corrected chi connectivity index (χ3v) is 3.19. The van der Waals surface area contributed by atoms with Crippen LogP contribution in [0, 0.1) is 11.3 Å². The first-order valence-corrected chi connectivity index (χ1v) is 6.39. The molecule has 18 heavy (non-hydrogen) atoms. The average Bonchev–Trinajstić information content (AvgIpc) is 2.38. The van der Waals surface area contributed by atoms with Crippen LogP contribution in [-0.4, -0.2) is 17.9 Å². The van der Waals surface area contributed by atoms with Gasteiger partial charge in [0.2, 0.25) is 5.91 Å². The van der Waals surface area contributed by atoms with E-state index < -0.39 is 6.04 Å². The van der Waals surface area contributed by atoms with Crippen LogP contribution in [0.1, 0.15) is 37.8 Å². The van der Waals surface area contributed by atoms with Crippen molar-refractivity contribution in [2.45, 2.75) is 32.2 Å². The van der Waals surface area contributed by atoms with Gasteiger partial charge < -0.3 is 4.90 Å². The molecule has 1 rings (SSSR count). The van der Waals surface area contributed by atoms with Crippen LogP contribution in [0.5, 0.6) is 0 Å². The van der Waals surface area contributed by atoms with Gasteiger partial charge in [0.1, 0.15) is 6.04 Å². The highest BCUT2D eigenvalue weighted by atomic mass is 35.5. The van der Waals surface area contributed by atoms with Crippen molar-refractivity contribution >= 4 is 17.5 Å². The van der Waals surface area contributed by atoms with E-state index in [1.165, 1.54) is 4.90 Å². The molecule has 1 aromatic carbocycles. The van der Waals surface area contributed by atoms with E-state index in [0.29, 0.717) is 17.0 Å². The molecule has 0 fully saturated rings. The normalized spacial score (nSPS) is 11.7. The number of hydrogen-bond donors (Lipinski definition) is 0. The van der Waals surface area contributed by atoms with Gasteiger partial charge in [-0.05, 0) is 12.5 Å². The lowest BCUT2D eigenvalue weighted by atomic mass is 10.1. The summed E-state index contributed by atoms with van der Waals surface area (Å²) in [6.45, 7) is 2.03. The molecule has 0 bridgehead atoms. The fourth-order valence-corrected chi connectivity index (χ4v) is 1.95. The Labute approximate surface area is 113 Å². The summed E-state index contributed by atoms with van der Waals surface area (Å²) in [6, 6.07) is 8.64. The molecule has 4 heteroatoms. The van der Waals surface area contributed by atoms with Crippen LogP contribution in [0.3, 0.4) is 0 Å². The molecular weight excluding hydrogens is 248 g/mol. The van der Waals surface area contributed by atoms with Crippen molar-refractivity contribution in [3.8, 4) is 6.07 Å². The van der Waals surface area contributed by atoms with E-state index in [4.69, 9.17) is 11.6 Å². The quantitative estimate of drug-likeness (QED) is 0.816. The summed E-state index contributed by atoms with van der Waals surface area (Å²) in [5.41, 5.74) is 0.675. The Balaban J connectivity index is 2.88. The summed E-state index contributed by atoms with van der Waals surface area (Å²) in [7, 11) is 1.65. The van der Waals surface area contributed by atoms with Crippen molar-refractivity contribution in [2.24, 2.45) is 0 Å². The zero-order chi connectivity index (χ0) is 13.5. The molecule has 0 aromatic heterocycles. The van der Waals surface area contributed by atoms with Crippen LogP contribution in [0.4, 0.5) is 0 Å². The number of nitrogens with zero attached hydrogens (tertiary/aromatic N) is 2. The number of halogens is 1. The van der Waals surface area contributed by atoms with Gasteiger partial charge in [-0.1, -0.05) is 43.1 Å². The molecule has 0 heterocycles.